The lowest BCUT2D eigenvalue weighted by Crippen LogP contribution is -2.33. The number of anilines is 1. The van der Waals surface area contributed by atoms with Crippen LogP contribution in [0.1, 0.15) is 26.0 Å². The van der Waals surface area contributed by atoms with E-state index in [0.29, 0.717) is 24.2 Å². The lowest BCUT2D eigenvalue weighted by Gasteiger charge is -2.20. The summed E-state index contributed by atoms with van der Waals surface area (Å²) in [4.78, 5) is 2.46. The summed E-state index contributed by atoms with van der Waals surface area (Å²) in [5, 5.41) is 3.96. The van der Waals surface area contributed by atoms with Crippen LogP contribution in [0.3, 0.4) is 0 Å². The van der Waals surface area contributed by atoms with Gasteiger partial charge in [0.2, 0.25) is 10.0 Å². The third-order valence-corrected chi connectivity index (χ3v) is 5.77. The molecule has 1 aliphatic heterocycles. The van der Waals surface area contributed by atoms with Crippen LogP contribution in [0.4, 0.5) is 5.82 Å². The molecule has 0 aromatic carbocycles. The number of hydrogen-bond acceptors (Lipinski definition) is 5. The predicted molar refractivity (Wildman–Crippen MR) is 82.4 cm³/mol. The molecule has 0 spiro atoms. The van der Waals surface area contributed by atoms with Gasteiger partial charge in [0.15, 0.2) is 5.82 Å². The van der Waals surface area contributed by atoms with E-state index in [0.717, 1.165) is 19.5 Å². The van der Waals surface area contributed by atoms with E-state index in [-0.39, 0.29) is 10.7 Å². The van der Waals surface area contributed by atoms with Crippen LogP contribution in [0.25, 0.3) is 0 Å². The van der Waals surface area contributed by atoms with Gasteiger partial charge in [0, 0.05) is 26.2 Å². The van der Waals surface area contributed by atoms with Gasteiger partial charge in [-0.3, -0.25) is 4.68 Å². The Balaban J connectivity index is 2.03. The van der Waals surface area contributed by atoms with Crippen molar-refractivity contribution in [2.75, 3.05) is 25.4 Å². The van der Waals surface area contributed by atoms with Crippen molar-refractivity contribution in [1.82, 2.24) is 19.4 Å². The molecule has 1 aromatic heterocycles. The highest BCUT2D eigenvalue weighted by atomic mass is 32.2. The Labute approximate surface area is 126 Å². The number of aryl methyl sites for hydroxylation is 1. The predicted octanol–water partition coefficient (Wildman–Crippen LogP) is 0.319. The van der Waals surface area contributed by atoms with E-state index in [4.69, 9.17) is 5.73 Å². The van der Waals surface area contributed by atoms with Crippen LogP contribution in [0.2, 0.25) is 0 Å². The van der Waals surface area contributed by atoms with Crippen LogP contribution < -0.4 is 10.5 Å². The molecule has 1 fully saturated rings. The molecule has 0 aliphatic carbocycles. The monoisotopic (exact) mass is 315 g/mol. The first-order chi connectivity index (χ1) is 9.72. The summed E-state index contributed by atoms with van der Waals surface area (Å²) in [6.45, 7) is 8.42. The topological polar surface area (TPSA) is 93.2 Å². The van der Waals surface area contributed by atoms with Gasteiger partial charge in [-0.05, 0) is 39.7 Å². The average Bonchev–Trinajstić information content (AvgIpc) is 2.93. The van der Waals surface area contributed by atoms with Gasteiger partial charge in [0.1, 0.15) is 4.90 Å². The smallest absolute Gasteiger partial charge is 0.246 e. The number of hydrogen-bond donors (Lipinski definition) is 2. The maximum absolute atomic E-state index is 12.4. The summed E-state index contributed by atoms with van der Waals surface area (Å²) < 4.78 is 29.0. The molecule has 1 saturated heterocycles. The largest absolute Gasteiger partial charge is 0.381 e. The van der Waals surface area contributed by atoms with Crippen LogP contribution in [0, 0.1) is 12.8 Å². The highest BCUT2D eigenvalue weighted by Gasteiger charge is 2.28. The van der Waals surface area contributed by atoms with Gasteiger partial charge in [-0.1, -0.05) is 0 Å². The molecule has 0 saturated carbocycles. The Morgan fingerprint density at radius 3 is 2.62 bits per heavy atom. The van der Waals surface area contributed by atoms with Gasteiger partial charge in [-0.25, -0.2) is 13.1 Å². The molecule has 2 rings (SSSR count). The lowest BCUT2D eigenvalue weighted by molar-refractivity contribution is 0.265. The Hall–Kier alpha value is -1.12. The Morgan fingerprint density at radius 2 is 2.14 bits per heavy atom. The molecule has 2 heterocycles. The number of sulfonamides is 1. The molecule has 1 atom stereocenters. The molecule has 0 bridgehead atoms. The first-order valence-electron chi connectivity index (χ1n) is 7.25. The highest BCUT2D eigenvalue weighted by molar-refractivity contribution is 7.89. The summed E-state index contributed by atoms with van der Waals surface area (Å²) in [5.41, 5.74) is 6.27. The first-order valence-corrected chi connectivity index (χ1v) is 8.73. The second-order valence-corrected chi connectivity index (χ2v) is 7.72. The molecule has 3 N–H and O–H groups in total. The Morgan fingerprint density at radius 1 is 1.48 bits per heavy atom. The zero-order chi connectivity index (χ0) is 15.8. The van der Waals surface area contributed by atoms with Crippen LogP contribution in [-0.2, 0) is 17.1 Å². The fourth-order valence-electron chi connectivity index (χ4n) is 2.74. The van der Waals surface area contributed by atoms with Gasteiger partial charge in [0.05, 0.1) is 5.69 Å². The fourth-order valence-corrected chi connectivity index (χ4v) is 4.18. The van der Waals surface area contributed by atoms with E-state index < -0.39 is 10.0 Å². The third-order valence-electron chi connectivity index (χ3n) is 4.18. The number of aromatic nitrogens is 2. The summed E-state index contributed by atoms with van der Waals surface area (Å²) in [5.74, 6) is 0.401. The van der Waals surface area contributed by atoms with Crippen molar-refractivity contribution in [2.45, 2.75) is 38.1 Å². The van der Waals surface area contributed by atoms with E-state index in [9.17, 15) is 8.42 Å². The van der Waals surface area contributed by atoms with Crippen molar-refractivity contribution in [3.05, 3.63) is 5.69 Å². The molecule has 7 nitrogen and oxygen atoms in total. The molecule has 0 amide bonds. The van der Waals surface area contributed by atoms with Crippen LogP contribution in [-0.4, -0.2) is 48.8 Å². The second-order valence-electron chi connectivity index (χ2n) is 6.02. The van der Waals surface area contributed by atoms with Crippen molar-refractivity contribution in [3.63, 3.8) is 0 Å². The number of rotatable bonds is 5. The summed E-state index contributed by atoms with van der Waals surface area (Å²) in [6, 6.07) is 0.503. The van der Waals surface area contributed by atoms with Crippen molar-refractivity contribution in [3.8, 4) is 0 Å². The Kier molecular flexibility index (Phi) is 4.60. The van der Waals surface area contributed by atoms with E-state index in [1.54, 1.807) is 14.0 Å². The average molecular weight is 315 g/mol. The number of nitrogens with two attached hydrogens (primary N) is 1. The first kappa shape index (κ1) is 16.3. The minimum atomic E-state index is -3.60. The van der Waals surface area contributed by atoms with E-state index in [1.165, 1.54) is 4.68 Å². The molecule has 1 unspecified atom stereocenters. The zero-order valence-electron chi connectivity index (χ0n) is 13.1. The number of nitrogens with zero attached hydrogens (tertiary/aromatic N) is 3. The van der Waals surface area contributed by atoms with Crippen LogP contribution >= 0.6 is 0 Å². The number of nitrogen functional groups attached to an aromatic ring is 1. The van der Waals surface area contributed by atoms with Crippen molar-refractivity contribution >= 4 is 15.8 Å². The van der Waals surface area contributed by atoms with Crippen molar-refractivity contribution in [1.29, 1.82) is 0 Å². The minimum Gasteiger partial charge on any atom is -0.381 e. The van der Waals surface area contributed by atoms with Gasteiger partial charge in [-0.2, -0.15) is 5.10 Å². The van der Waals surface area contributed by atoms with Gasteiger partial charge in [-0.15, -0.1) is 0 Å². The van der Waals surface area contributed by atoms with Gasteiger partial charge in [0.25, 0.3) is 0 Å². The summed E-state index contributed by atoms with van der Waals surface area (Å²) in [7, 11) is -1.92. The SMILES string of the molecule is Cc1c(S(=O)(=O)NCC2CCN(C(C)C)C2)c(N)nn1C. The third kappa shape index (κ3) is 3.38. The summed E-state index contributed by atoms with van der Waals surface area (Å²) >= 11 is 0. The molecule has 1 aromatic rings. The Bertz CT molecular complexity index is 608. The normalized spacial score (nSPS) is 20.5. The van der Waals surface area contributed by atoms with Crippen LogP contribution in [0.5, 0.6) is 0 Å². The molecule has 0 radical (unpaired) electrons. The fraction of sp³-hybridized carbons (Fsp3) is 0.769. The minimum absolute atomic E-state index is 0.0535. The van der Waals surface area contributed by atoms with Crippen LogP contribution in [0.15, 0.2) is 4.90 Å². The van der Waals surface area contributed by atoms with Gasteiger partial charge < -0.3 is 10.6 Å². The summed E-state index contributed by atoms with van der Waals surface area (Å²) in [6.07, 6.45) is 1.02. The van der Waals surface area contributed by atoms with Crippen molar-refractivity contribution < 1.29 is 8.42 Å². The molecule has 8 heteroatoms. The van der Waals surface area contributed by atoms with Gasteiger partial charge >= 0.3 is 0 Å². The quantitative estimate of drug-likeness (QED) is 0.816. The molecule has 120 valence electrons. The van der Waals surface area contributed by atoms with E-state index >= 15 is 0 Å². The zero-order valence-corrected chi connectivity index (χ0v) is 13.9. The molecular weight excluding hydrogens is 290 g/mol. The lowest BCUT2D eigenvalue weighted by atomic mass is 10.1. The van der Waals surface area contributed by atoms with E-state index in [2.05, 4.69) is 28.6 Å². The second kappa shape index (κ2) is 5.94. The molecule has 21 heavy (non-hydrogen) atoms. The molecule has 1 aliphatic rings. The maximum Gasteiger partial charge on any atom is 0.246 e. The maximum atomic E-state index is 12.4. The number of likely N-dealkylation sites (tertiary alicyclic amines) is 1. The van der Waals surface area contributed by atoms with Crippen molar-refractivity contribution in [2.24, 2.45) is 13.0 Å². The highest BCUT2D eigenvalue weighted by Crippen LogP contribution is 2.22. The molecular formula is C13H25N5O2S. The standard InChI is InChI=1S/C13H25N5O2S/c1-9(2)18-6-5-11(8-18)7-15-21(19,20)12-10(3)17(4)16-13(12)14/h9,11,15H,5-8H2,1-4H3,(H2,14,16). The number of nitrogens with one attached hydrogen (secondary N) is 1. The van der Waals surface area contributed by atoms with E-state index in [1.807, 2.05) is 0 Å².